The van der Waals surface area contributed by atoms with Crippen LogP contribution in [0, 0.1) is 2.88 Å². The van der Waals surface area contributed by atoms with E-state index in [1.54, 1.807) is 11.3 Å². The van der Waals surface area contributed by atoms with E-state index in [0.717, 1.165) is 33.7 Å². The zero-order valence-corrected chi connectivity index (χ0v) is 13.0. The molecule has 5 heteroatoms. The summed E-state index contributed by atoms with van der Waals surface area (Å²) in [7, 11) is 3.60. The molecule has 1 aromatic rings. The van der Waals surface area contributed by atoms with Crippen molar-refractivity contribution in [3.63, 3.8) is 0 Å². The molecule has 1 aromatic heterocycles. The van der Waals surface area contributed by atoms with E-state index in [4.69, 9.17) is 4.74 Å². The van der Waals surface area contributed by atoms with Crippen LogP contribution < -0.4 is 0 Å². The molecule has 0 saturated carbocycles. The van der Waals surface area contributed by atoms with Crippen LogP contribution in [0.1, 0.15) is 34.0 Å². The molecule has 3 nitrogen and oxygen atoms in total. The van der Waals surface area contributed by atoms with Gasteiger partial charge in [-0.15, -0.1) is 11.3 Å². The van der Waals surface area contributed by atoms with Gasteiger partial charge in [0.25, 0.3) is 0 Å². The molecule has 0 radical (unpaired) electrons. The van der Waals surface area contributed by atoms with Crippen molar-refractivity contribution in [2.24, 2.45) is 0 Å². The number of hydrogen-bond donors (Lipinski definition) is 0. The summed E-state index contributed by atoms with van der Waals surface area (Å²) in [4.78, 5) is 14.9. The lowest BCUT2D eigenvalue weighted by atomic mass is 9.90. The number of ether oxygens (including phenoxy) is 1. The van der Waals surface area contributed by atoms with Crippen LogP contribution in [0.4, 0.5) is 0 Å². The lowest BCUT2D eigenvalue weighted by molar-refractivity contribution is 0.0604. The van der Waals surface area contributed by atoms with Gasteiger partial charge in [-0.1, -0.05) is 0 Å². The first kappa shape index (κ1) is 13.3. The Labute approximate surface area is 119 Å². The molecule has 1 aliphatic heterocycles. The number of carbonyl (C=O) groups is 1. The fourth-order valence-electron chi connectivity index (χ4n) is 2.25. The third-order valence-electron chi connectivity index (χ3n) is 3.26. The minimum atomic E-state index is -0.188. The van der Waals surface area contributed by atoms with Crippen molar-refractivity contribution in [3.8, 4) is 0 Å². The van der Waals surface area contributed by atoms with Gasteiger partial charge in [-0.3, -0.25) is 0 Å². The minimum absolute atomic E-state index is 0.188. The Morgan fingerprint density at radius 2 is 2.18 bits per heavy atom. The van der Waals surface area contributed by atoms with Gasteiger partial charge in [0, 0.05) is 0 Å². The first-order chi connectivity index (χ1) is 8.11. The molecule has 0 unspecified atom stereocenters. The molecule has 1 aliphatic rings. The van der Waals surface area contributed by atoms with Crippen molar-refractivity contribution in [1.82, 2.24) is 4.90 Å². The molecular formula is C12H16INO2S. The smallest absolute Gasteiger partial charge is 0.348 e. The average Bonchev–Trinajstić information content (AvgIpc) is 2.71. The van der Waals surface area contributed by atoms with Crippen molar-refractivity contribution in [2.75, 3.05) is 27.2 Å². The van der Waals surface area contributed by atoms with Gasteiger partial charge in [0.1, 0.15) is 4.88 Å². The topological polar surface area (TPSA) is 29.5 Å². The van der Waals surface area contributed by atoms with Crippen molar-refractivity contribution in [3.05, 3.63) is 19.4 Å². The van der Waals surface area contributed by atoms with Crippen molar-refractivity contribution in [1.29, 1.82) is 0 Å². The van der Waals surface area contributed by atoms with Crippen LogP contribution in [0.5, 0.6) is 0 Å². The minimum Gasteiger partial charge on any atom is -0.465 e. The summed E-state index contributed by atoms with van der Waals surface area (Å²) in [6.45, 7) is 2.22. The van der Waals surface area contributed by atoms with E-state index in [1.807, 2.05) is 0 Å². The van der Waals surface area contributed by atoms with Crippen LogP contribution in [0.15, 0.2) is 6.07 Å². The normalized spacial score (nSPS) is 18.3. The van der Waals surface area contributed by atoms with Crippen LogP contribution in [0.2, 0.25) is 0 Å². The van der Waals surface area contributed by atoms with Crippen LogP contribution in [-0.2, 0) is 4.74 Å². The van der Waals surface area contributed by atoms with Crippen LogP contribution >= 0.6 is 33.9 Å². The third kappa shape index (κ3) is 3.00. The molecule has 1 saturated heterocycles. The van der Waals surface area contributed by atoms with Crippen molar-refractivity contribution >= 4 is 39.9 Å². The Morgan fingerprint density at radius 1 is 1.53 bits per heavy atom. The molecule has 0 amide bonds. The third-order valence-corrected chi connectivity index (χ3v) is 5.15. The maximum absolute atomic E-state index is 11.7. The van der Waals surface area contributed by atoms with Gasteiger partial charge in [0.05, 0.1) is 9.99 Å². The zero-order chi connectivity index (χ0) is 12.4. The van der Waals surface area contributed by atoms with E-state index in [2.05, 4.69) is 40.6 Å². The number of piperidine rings is 1. The molecule has 17 heavy (non-hydrogen) atoms. The molecule has 0 spiro atoms. The predicted molar refractivity (Wildman–Crippen MR) is 77.8 cm³/mol. The number of rotatable bonds is 2. The Kier molecular flexibility index (Phi) is 4.43. The van der Waals surface area contributed by atoms with Crippen molar-refractivity contribution < 1.29 is 9.53 Å². The van der Waals surface area contributed by atoms with Crippen LogP contribution in [0.3, 0.4) is 0 Å². The number of esters is 1. The Bertz CT molecular complexity index is 411. The van der Waals surface area contributed by atoms with E-state index in [-0.39, 0.29) is 5.97 Å². The van der Waals surface area contributed by atoms with Gasteiger partial charge >= 0.3 is 5.97 Å². The van der Waals surface area contributed by atoms with E-state index in [1.165, 1.54) is 12.7 Å². The molecule has 0 aliphatic carbocycles. The highest BCUT2D eigenvalue weighted by molar-refractivity contribution is 14.1. The summed E-state index contributed by atoms with van der Waals surface area (Å²) < 4.78 is 6.02. The number of carbonyl (C=O) groups excluding carboxylic acids is 1. The number of hydrogen-bond acceptors (Lipinski definition) is 4. The first-order valence-electron chi connectivity index (χ1n) is 5.68. The highest BCUT2D eigenvalue weighted by Gasteiger charge is 2.25. The molecule has 0 aromatic carbocycles. The second kappa shape index (κ2) is 5.67. The van der Waals surface area contributed by atoms with Crippen LogP contribution in [-0.4, -0.2) is 38.1 Å². The van der Waals surface area contributed by atoms with E-state index >= 15 is 0 Å². The summed E-state index contributed by atoms with van der Waals surface area (Å²) >= 11 is 3.82. The largest absolute Gasteiger partial charge is 0.465 e. The van der Waals surface area contributed by atoms with E-state index in [9.17, 15) is 4.79 Å². The molecule has 0 atom stereocenters. The fourth-order valence-corrected chi connectivity index (χ4v) is 4.14. The number of halogens is 1. The SMILES string of the molecule is COC(=O)c1sc(I)cc1C1CCN(C)CC1. The molecule has 0 bridgehead atoms. The Morgan fingerprint density at radius 3 is 2.76 bits per heavy atom. The summed E-state index contributed by atoms with van der Waals surface area (Å²) in [5.41, 5.74) is 1.19. The van der Waals surface area contributed by atoms with Gasteiger partial charge < -0.3 is 9.64 Å². The maximum Gasteiger partial charge on any atom is 0.348 e. The quantitative estimate of drug-likeness (QED) is 0.596. The number of thiophene rings is 1. The van der Waals surface area contributed by atoms with E-state index < -0.39 is 0 Å². The summed E-state index contributed by atoms with van der Waals surface area (Å²) in [5.74, 6) is 0.326. The van der Waals surface area contributed by atoms with Crippen LogP contribution in [0.25, 0.3) is 0 Å². The van der Waals surface area contributed by atoms with Gasteiger partial charge in [0.2, 0.25) is 0 Å². The summed E-state index contributed by atoms with van der Waals surface area (Å²) in [5, 5.41) is 0. The molecule has 2 rings (SSSR count). The standard InChI is InChI=1S/C12H16INO2S/c1-14-5-3-8(4-6-14)9-7-10(13)17-11(9)12(15)16-2/h7-8H,3-6H2,1-2H3. The monoisotopic (exact) mass is 365 g/mol. The molecule has 1 fully saturated rings. The molecule has 2 heterocycles. The Hall–Kier alpha value is -0.140. The van der Waals surface area contributed by atoms with Gasteiger partial charge in [0.15, 0.2) is 0 Å². The second-order valence-corrected chi connectivity index (χ2v) is 7.35. The van der Waals surface area contributed by atoms with Gasteiger partial charge in [-0.25, -0.2) is 4.79 Å². The average molecular weight is 365 g/mol. The fraction of sp³-hybridized carbons (Fsp3) is 0.583. The number of nitrogens with zero attached hydrogens (tertiary/aromatic N) is 1. The highest BCUT2D eigenvalue weighted by Crippen LogP contribution is 2.35. The highest BCUT2D eigenvalue weighted by atomic mass is 127. The van der Waals surface area contributed by atoms with Crippen molar-refractivity contribution in [2.45, 2.75) is 18.8 Å². The van der Waals surface area contributed by atoms with Gasteiger partial charge in [-0.2, -0.15) is 0 Å². The summed E-state index contributed by atoms with van der Waals surface area (Å²) in [6, 6.07) is 2.15. The lowest BCUT2D eigenvalue weighted by Crippen LogP contribution is -2.29. The molecule has 0 N–H and O–H groups in total. The first-order valence-corrected chi connectivity index (χ1v) is 7.57. The molecular weight excluding hydrogens is 349 g/mol. The second-order valence-electron chi connectivity index (χ2n) is 4.40. The lowest BCUT2D eigenvalue weighted by Gasteiger charge is -2.29. The summed E-state index contributed by atoms with van der Waals surface area (Å²) in [6.07, 6.45) is 2.26. The predicted octanol–water partition coefficient (Wildman–Crippen LogP) is 2.95. The molecule has 94 valence electrons. The zero-order valence-electron chi connectivity index (χ0n) is 10.0. The van der Waals surface area contributed by atoms with Gasteiger partial charge in [-0.05, 0) is 73.1 Å². The number of likely N-dealkylation sites (tertiary alicyclic amines) is 1. The maximum atomic E-state index is 11.7. The number of methoxy groups -OCH3 is 1. The Balaban J connectivity index is 2.22. The van der Waals surface area contributed by atoms with E-state index in [0.29, 0.717) is 5.92 Å².